The van der Waals surface area contributed by atoms with Crippen LogP contribution in [0.4, 0.5) is 5.69 Å². The van der Waals surface area contributed by atoms with Gasteiger partial charge in [-0.3, -0.25) is 0 Å². The summed E-state index contributed by atoms with van der Waals surface area (Å²) < 4.78 is 0. The molecular formula is C14H23N3S. The van der Waals surface area contributed by atoms with Gasteiger partial charge in [-0.2, -0.15) is 0 Å². The van der Waals surface area contributed by atoms with Crippen LogP contribution in [0.3, 0.4) is 0 Å². The molecule has 1 aliphatic rings. The molecule has 0 unspecified atom stereocenters. The fourth-order valence-corrected chi connectivity index (χ4v) is 2.89. The van der Waals surface area contributed by atoms with Crippen molar-refractivity contribution in [3.63, 3.8) is 0 Å². The first-order chi connectivity index (χ1) is 8.69. The molecule has 4 heteroatoms. The molecule has 3 nitrogen and oxygen atoms in total. The zero-order chi connectivity index (χ0) is 13.0. The molecule has 0 saturated carbocycles. The fourth-order valence-electron chi connectivity index (χ4n) is 2.65. The van der Waals surface area contributed by atoms with Crippen LogP contribution >= 0.6 is 12.6 Å². The standard InChI is InChI=1S/C14H23N3S/c15-5-8-17-6-3-11(4-7-17)9-12-1-2-13(16)14(18)10-12/h1-2,10-11,18H,3-9,15-16H2. The van der Waals surface area contributed by atoms with E-state index in [1.54, 1.807) is 0 Å². The highest BCUT2D eigenvalue weighted by Gasteiger charge is 2.18. The molecule has 1 saturated heterocycles. The Hall–Kier alpha value is -0.710. The minimum atomic E-state index is 0.764. The van der Waals surface area contributed by atoms with Crippen molar-refractivity contribution < 1.29 is 0 Å². The van der Waals surface area contributed by atoms with Gasteiger partial charge < -0.3 is 16.4 Å². The van der Waals surface area contributed by atoms with Gasteiger partial charge in [0, 0.05) is 23.7 Å². The molecule has 0 aromatic heterocycles. The van der Waals surface area contributed by atoms with Crippen LogP contribution in [0, 0.1) is 5.92 Å². The summed E-state index contributed by atoms with van der Waals surface area (Å²) in [5.41, 5.74) is 13.5. The molecule has 0 aliphatic carbocycles. The minimum Gasteiger partial charge on any atom is -0.398 e. The molecule has 1 heterocycles. The van der Waals surface area contributed by atoms with E-state index < -0.39 is 0 Å². The van der Waals surface area contributed by atoms with Gasteiger partial charge in [0.25, 0.3) is 0 Å². The maximum atomic E-state index is 5.78. The molecule has 4 N–H and O–H groups in total. The Morgan fingerprint density at radius 3 is 2.61 bits per heavy atom. The largest absolute Gasteiger partial charge is 0.398 e. The van der Waals surface area contributed by atoms with Crippen molar-refractivity contribution in [1.29, 1.82) is 0 Å². The SMILES string of the molecule is NCCN1CCC(Cc2ccc(N)c(S)c2)CC1. The topological polar surface area (TPSA) is 55.3 Å². The number of nitrogens with zero attached hydrogens (tertiary/aromatic N) is 1. The van der Waals surface area contributed by atoms with Crippen LogP contribution in [0.5, 0.6) is 0 Å². The molecule has 100 valence electrons. The third-order valence-electron chi connectivity index (χ3n) is 3.77. The van der Waals surface area contributed by atoms with Crippen molar-refractivity contribution in [2.24, 2.45) is 11.7 Å². The van der Waals surface area contributed by atoms with Crippen LogP contribution in [0.1, 0.15) is 18.4 Å². The molecule has 0 amide bonds. The van der Waals surface area contributed by atoms with Crippen molar-refractivity contribution in [1.82, 2.24) is 4.90 Å². The van der Waals surface area contributed by atoms with Crippen LogP contribution < -0.4 is 11.5 Å². The van der Waals surface area contributed by atoms with Crippen molar-refractivity contribution in [3.8, 4) is 0 Å². The molecule has 0 spiro atoms. The number of nitrogens with two attached hydrogens (primary N) is 2. The molecule has 1 aromatic carbocycles. The first kappa shape index (κ1) is 13.7. The van der Waals surface area contributed by atoms with Crippen molar-refractivity contribution in [3.05, 3.63) is 23.8 Å². The minimum absolute atomic E-state index is 0.764. The quantitative estimate of drug-likeness (QED) is 0.574. The molecule has 0 radical (unpaired) electrons. The second-order valence-corrected chi connectivity index (χ2v) is 5.65. The van der Waals surface area contributed by atoms with E-state index in [0.29, 0.717) is 0 Å². The van der Waals surface area contributed by atoms with Gasteiger partial charge in [-0.1, -0.05) is 6.07 Å². The van der Waals surface area contributed by atoms with Gasteiger partial charge in [0.15, 0.2) is 0 Å². The zero-order valence-electron chi connectivity index (χ0n) is 10.8. The number of benzene rings is 1. The summed E-state index contributed by atoms with van der Waals surface area (Å²) in [6.07, 6.45) is 3.68. The van der Waals surface area contributed by atoms with Crippen molar-refractivity contribution in [2.45, 2.75) is 24.2 Å². The first-order valence-corrected chi connectivity index (χ1v) is 7.13. The Labute approximate surface area is 115 Å². The molecular weight excluding hydrogens is 242 g/mol. The lowest BCUT2D eigenvalue weighted by molar-refractivity contribution is 0.188. The van der Waals surface area contributed by atoms with Gasteiger partial charge in [0.2, 0.25) is 0 Å². The third-order valence-corrected chi connectivity index (χ3v) is 4.16. The van der Waals surface area contributed by atoms with E-state index in [2.05, 4.69) is 29.7 Å². The summed E-state index contributed by atoms with van der Waals surface area (Å²) in [5, 5.41) is 0. The van der Waals surface area contributed by atoms with Crippen LogP contribution in [0.25, 0.3) is 0 Å². The summed E-state index contributed by atoms with van der Waals surface area (Å²) in [4.78, 5) is 3.36. The number of likely N-dealkylation sites (tertiary alicyclic amines) is 1. The van der Waals surface area contributed by atoms with E-state index in [0.717, 1.165) is 36.0 Å². The Balaban J connectivity index is 1.85. The van der Waals surface area contributed by atoms with E-state index in [1.807, 2.05) is 6.07 Å². The molecule has 1 aromatic rings. The maximum Gasteiger partial charge on any atom is 0.0449 e. The summed E-state index contributed by atoms with van der Waals surface area (Å²) in [6, 6.07) is 6.19. The Bertz CT molecular complexity index is 387. The first-order valence-electron chi connectivity index (χ1n) is 6.69. The summed E-state index contributed by atoms with van der Waals surface area (Å²) >= 11 is 4.38. The number of piperidine rings is 1. The van der Waals surface area contributed by atoms with Crippen LogP contribution in [0.2, 0.25) is 0 Å². The number of thiol groups is 1. The smallest absolute Gasteiger partial charge is 0.0449 e. The van der Waals surface area contributed by atoms with E-state index in [4.69, 9.17) is 11.5 Å². The average molecular weight is 265 g/mol. The Kier molecular flexibility index (Phi) is 4.92. The number of hydrogen-bond donors (Lipinski definition) is 3. The lowest BCUT2D eigenvalue weighted by atomic mass is 9.90. The van der Waals surface area contributed by atoms with Crippen molar-refractivity contribution >= 4 is 18.3 Å². The van der Waals surface area contributed by atoms with E-state index in [1.165, 1.54) is 31.5 Å². The molecule has 1 aliphatic heterocycles. The Morgan fingerprint density at radius 1 is 1.28 bits per heavy atom. The molecule has 0 atom stereocenters. The summed E-state index contributed by atoms with van der Waals surface area (Å²) in [5.74, 6) is 0.787. The highest BCUT2D eigenvalue weighted by atomic mass is 32.1. The van der Waals surface area contributed by atoms with E-state index >= 15 is 0 Å². The van der Waals surface area contributed by atoms with Gasteiger partial charge >= 0.3 is 0 Å². The summed E-state index contributed by atoms with van der Waals surface area (Å²) in [7, 11) is 0. The second kappa shape index (κ2) is 6.45. The predicted octanol–water partition coefficient (Wildman–Crippen LogP) is 1.77. The summed E-state index contributed by atoms with van der Waals surface area (Å²) in [6.45, 7) is 4.18. The van der Waals surface area contributed by atoms with Gasteiger partial charge in [0.05, 0.1) is 0 Å². The predicted molar refractivity (Wildman–Crippen MR) is 80.0 cm³/mol. The molecule has 18 heavy (non-hydrogen) atoms. The monoisotopic (exact) mass is 265 g/mol. The second-order valence-electron chi connectivity index (χ2n) is 5.17. The lowest BCUT2D eigenvalue weighted by Gasteiger charge is -2.31. The lowest BCUT2D eigenvalue weighted by Crippen LogP contribution is -2.37. The number of anilines is 1. The highest BCUT2D eigenvalue weighted by Crippen LogP contribution is 2.24. The van der Waals surface area contributed by atoms with Crippen LogP contribution in [-0.4, -0.2) is 31.1 Å². The third kappa shape index (κ3) is 3.64. The molecule has 2 rings (SSSR count). The van der Waals surface area contributed by atoms with E-state index in [-0.39, 0.29) is 0 Å². The Morgan fingerprint density at radius 2 is 2.00 bits per heavy atom. The van der Waals surface area contributed by atoms with Crippen LogP contribution in [0.15, 0.2) is 23.1 Å². The maximum absolute atomic E-state index is 5.78. The highest BCUT2D eigenvalue weighted by molar-refractivity contribution is 7.80. The number of rotatable bonds is 4. The van der Waals surface area contributed by atoms with Gasteiger partial charge in [-0.05, 0) is 56.0 Å². The van der Waals surface area contributed by atoms with Crippen LogP contribution in [-0.2, 0) is 6.42 Å². The molecule has 0 bridgehead atoms. The number of hydrogen-bond acceptors (Lipinski definition) is 4. The van der Waals surface area contributed by atoms with Crippen molar-refractivity contribution in [2.75, 3.05) is 31.9 Å². The van der Waals surface area contributed by atoms with Gasteiger partial charge in [-0.15, -0.1) is 12.6 Å². The average Bonchev–Trinajstić information content (AvgIpc) is 2.37. The fraction of sp³-hybridized carbons (Fsp3) is 0.571. The van der Waals surface area contributed by atoms with Gasteiger partial charge in [-0.25, -0.2) is 0 Å². The van der Waals surface area contributed by atoms with Gasteiger partial charge in [0.1, 0.15) is 0 Å². The molecule has 1 fully saturated rings. The number of nitrogen functional groups attached to an aromatic ring is 1. The zero-order valence-corrected chi connectivity index (χ0v) is 11.7. The normalized spacial score (nSPS) is 18.1. The van der Waals surface area contributed by atoms with E-state index in [9.17, 15) is 0 Å².